The fourth-order valence-electron chi connectivity index (χ4n) is 1.40. The molecule has 0 N–H and O–H groups in total. The Labute approximate surface area is 76.1 Å². The summed E-state index contributed by atoms with van der Waals surface area (Å²) in [5.74, 6) is 0.576. The maximum atomic E-state index is 8.42. The number of hydrogen-bond acceptors (Lipinski definition) is 3. The van der Waals surface area contributed by atoms with Gasteiger partial charge in [0.2, 0.25) is 6.19 Å². The molecule has 0 aromatic rings. The molecule has 1 aliphatic rings. The molecule has 0 aliphatic carbocycles. The molecule has 0 radical (unpaired) electrons. The minimum atomic E-state index is -0.275. The number of likely N-dealkylation sites (tertiary alicyclic amines) is 1. The van der Waals surface area contributed by atoms with E-state index in [0.717, 1.165) is 19.4 Å². The van der Waals surface area contributed by atoms with Gasteiger partial charge < -0.3 is 4.90 Å². The summed E-state index contributed by atoms with van der Waals surface area (Å²) < 4.78 is 0. The van der Waals surface area contributed by atoms with Gasteiger partial charge >= 0.3 is 0 Å². The van der Waals surface area contributed by atoms with Gasteiger partial charge in [-0.05, 0) is 18.4 Å². The van der Waals surface area contributed by atoms with Gasteiger partial charge in [0.25, 0.3) is 0 Å². The molecule has 0 spiro atoms. The fourth-order valence-corrected chi connectivity index (χ4v) is 1.40. The van der Waals surface area contributed by atoms with Crippen molar-refractivity contribution in [1.82, 2.24) is 4.90 Å². The number of nitrogens with zero attached hydrogens (tertiary/aromatic N) is 6. The van der Waals surface area contributed by atoms with Crippen molar-refractivity contribution in [2.24, 2.45) is 10.1 Å². The van der Waals surface area contributed by atoms with Crippen molar-refractivity contribution in [3.8, 4) is 6.19 Å². The lowest BCUT2D eigenvalue weighted by Crippen LogP contribution is -2.40. The van der Waals surface area contributed by atoms with Gasteiger partial charge in [0.05, 0.1) is 6.04 Å². The number of likely N-dealkylation sites (N-methyl/N-ethyl adjacent to an activating group) is 1. The van der Waals surface area contributed by atoms with Crippen molar-refractivity contribution in [1.29, 1.82) is 5.26 Å². The van der Waals surface area contributed by atoms with Crippen molar-refractivity contribution in [3.05, 3.63) is 10.4 Å². The Hall–Kier alpha value is -1.73. The maximum Gasteiger partial charge on any atom is 0.207 e. The lowest BCUT2D eigenvalue weighted by Gasteiger charge is -2.29. The molecule has 0 amide bonds. The summed E-state index contributed by atoms with van der Waals surface area (Å²) in [7, 11) is 1.84. The van der Waals surface area contributed by atoms with Gasteiger partial charge in [-0.1, -0.05) is 5.11 Å². The molecule has 1 unspecified atom stereocenters. The molecule has 0 aromatic heterocycles. The van der Waals surface area contributed by atoms with Crippen LogP contribution in [0.5, 0.6) is 0 Å². The Morgan fingerprint density at radius 1 is 1.77 bits per heavy atom. The zero-order valence-electron chi connectivity index (χ0n) is 7.38. The van der Waals surface area contributed by atoms with Crippen molar-refractivity contribution < 1.29 is 0 Å². The van der Waals surface area contributed by atoms with Crippen LogP contribution in [0.2, 0.25) is 0 Å². The number of aliphatic imine (C=N–C) groups is 1. The predicted molar refractivity (Wildman–Crippen MR) is 47.8 cm³/mol. The van der Waals surface area contributed by atoms with E-state index in [1.807, 2.05) is 11.9 Å². The molecule has 0 saturated carbocycles. The highest BCUT2D eigenvalue weighted by Crippen LogP contribution is 2.14. The standard InChI is InChI=1S/C7H10N6/c1-13-4-2-3-6(11-12-9)7(13)10-5-8/h6H,2-4H2,1H3. The van der Waals surface area contributed by atoms with E-state index >= 15 is 0 Å². The quantitative estimate of drug-likeness (QED) is 0.262. The predicted octanol–water partition coefficient (Wildman–Crippen LogP) is 1.27. The first kappa shape index (κ1) is 9.36. The monoisotopic (exact) mass is 178 g/mol. The molecule has 1 saturated heterocycles. The molecular weight excluding hydrogens is 168 g/mol. The van der Waals surface area contributed by atoms with E-state index in [4.69, 9.17) is 10.8 Å². The number of hydrogen-bond donors (Lipinski definition) is 0. The van der Waals surface area contributed by atoms with Crippen molar-refractivity contribution in [2.45, 2.75) is 18.9 Å². The minimum Gasteiger partial charge on any atom is -0.362 e. The first-order chi connectivity index (χ1) is 6.29. The second-order valence-corrected chi connectivity index (χ2v) is 2.85. The molecule has 1 heterocycles. The second-order valence-electron chi connectivity index (χ2n) is 2.85. The number of azide groups is 1. The molecule has 0 bridgehead atoms. The Morgan fingerprint density at radius 2 is 2.54 bits per heavy atom. The van der Waals surface area contributed by atoms with Crippen LogP contribution in [0.25, 0.3) is 10.4 Å². The van der Waals surface area contributed by atoms with Crippen molar-refractivity contribution >= 4 is 5.84 Å². The highest BCUT2D eigenvalue weighted by molar-refractivity contribution is 5.88. The lowest BCUT2D eigenvalue weighted by atomic mass is 10.1. The minimum absolute atomic E-state index is 0.275. The molecule has 1 rings (SSSR count). The van der Waals surface area contributed by atoms with Gasteiger partial charge in [0.15, 0.2) is 0 Å². The van der Waals surface area contributed by atoms with Crippen molar-refractivity contribution in [3.63, 3.8) is 0 Å². The van der Waals surface area contributed by atoms with Gasteiger partial charge in [0, 0.05) is 18.5 Å². The molecule has 1 atom stereocenters. The van der Waals surface area contributed by atoms with Crippen LogP contribution in [0.1, 0.15) is 12.8 Å². The van der Waals surface area contributed by atoms with Gasteiger partial charge in [-0.25, -0.2) is 0 Å². The van der Waals surface area contributed by atoms with Gasteiger partial charge in [-0.3, -0.25) is 0 Å². The van der Waals surface area contributed by atoms with E-state index in [1.54, 1.807) is 6.19 Å². The lowest BCUT2D eigenvalue weighted by molar-refractivity contribution is 0.412. The molecule has 1 fully saturated rings. The van der Waals surface area contributed by atoms with E-state index < -0.39 is 0 Å². The summed E-state index contributed by atoms with van der Waals surface area (Å²) in [6.07, 6.45) is 3.45. The Morgan fingerprint density at radius 3 is 3.15 bits per heavy atom. The second kappa shape index (κ2) is 4.33. The largest absolute Gasteiger partial charge is 0.362 e. The average molecular weight is 178 g/mol. The smallest absolute Gasteiger partial charge is 0.207 e. The first-order valence-electron chi connectivity index (χ1n) is 4.01. The Balaban J connectivity index is 2.87. The van der Waals surface area contributed by atoms with Crippen LogP contribution >= 0.6 is 0 Å². The van der Waals surface area contributed by atoms with E-state index in [0.29, 0.717) is 5.84 Å². The third-order valence-electron chi connectivity index (χ3n) is 2.02. The van der Waals surface area contributed by atoms with Gasteiger partial charge in [-0.2, -0.15) is 10.3 Å². The van der Waals surface area contributed by atoms with E-state index in [2.05, 4.69) is 15.0 Å². The topological polar surface area (TPSA) is 88.2 Å². The third kappa shape index (κ3) is 2.10. The molecule has 6 nitrogen and oxygen atoms in total. The normalized spacial score (nSPS) is 25.1. The third-order valence-corrected chi connectivity index (χ3v) is 2.02. The number of nitriles is 1. The SMILES string of the molecule is CN1CCCC(N=[N+]=[N-])C1=NC#N. The van der Waals surface area contributed by atoms with Gasteiger partial charge in [0.1, 0.15) is 5.84 Å². The maximum absolute atomic E-state index is 8.42. The van der Waals surface area contributed by atoms with E-state index in [-0.39, 0.29) is 6.04 Å². The summed E-state index contributed by atoms with van der Waals surface area (Å²) in [4.78, 5) is 8.24. The van der Waals surface area contributed by atoms with Crippen LogP contribution in [0.3, 0.4) is 0 Å². The molecule has 1 aliphatic heterocycles. The Bertz CT molecular complexity index is 295. The molecule has 0 aromatic carbocycles. The summed E-state index contributed by atoms with van der Waals surface area (Å²) in [6.45, 7) is 0.859. The van der Waals surface area contributed by atoms with Crippen LogP contribution in [0.4, 0.5) is 0 Å². The molecule has 6 heteroatoms. The molecular formula is C7H10N6. The van der Waals surface area contributed by atoms with Gasteiger partial charge in [-0.15, -0.1) is 0 Å². The highest BCUT2D eigenvalue weighted by Gasteiger charge is 2.23. The summed E-state index contributed by atoms with van der Waals surface area (Å²) in [6, 6.07) is -0.275. The summed E-state index contributed by atoms with van der Waals surface area (Å²) in [5, 5.41) is 12.0. The summed E-state index contributed by atoms with van der Waals surface area (Å²) in [5.41, 5.74) is 8.29. The number of rotatable bonds is 1. The van der Waals surface area contributed by atoms with Crippen LogP contribution in [0, 0.1) is 11.5 Å². The molecule has 68 valence electrons. The van der Waals surface area contributed by atoms with E-state index in [9.17, 15) is 0 Å². The average Bonchev–Trinajstić information content (AvgIpc) is 2.11. The van der Waals surface area contributed by atoms with Crippen LogP contribution < -0.4 is 0 Å². The van der Waals surface area contributed by atoms with Crippen LogP contribution in [-0.2, 0) is 0 Å². The summed E-state index contributed by atoms with van der Waals surface area (Å²) >= 11 is 0. The Kier molecular flexibility index (Phi) is 3.12. The zero-order chi connectivity index (χ0) is 9.68. The zero-order valence-corrected chi connectivity index (χ0v) is 7.38. The van der Waals surface area contributed by atoms with Crippen molar-refractivity contribution in [2.75, 3.05) is 13.6 Å². The highest BCUT2D eigenvalue weighted by atomic mass is 15.2. The van der Waals surface area contributed by atoms with Crippen LogP contribution in [-0.4, -0.2) is 30.4 Å². The first-order valence-corrected chi connectivity index (χ1v) is 4.01. The fraction of sp³-hybridized carbons (Fsp3) is 0.714. The molecule has 13 heavy (non-hydrogen) atoms. The number of piperidine rings is 1. The van der Waals surface area contributed by atoms with Crippen LogP contribution in [0.15, 0.2) is 10.1 Å². The number of amidine groups is 1. The van der Waals surface area contributed by atoms with E-state index in [1.165, 1.54) is 0 Å².